The molecule has 0 aliphatic carbocycles. The van der Waals surface area contributed by atoms with Crippen molar-refractivity contribution in [2.45, 2.75) is 23.4 Å². The summed E-state index contributed by atoms with van der Waals surface area (Å²) in [6.45, 7) is 1.69. The zero-order valence-electron chi connectivity index (χ0n) is 15.8. The maximum absolute atomic E-state index is 12.5. The number of pyridine rings is 1. The standard InChI is InChI=1S/C19H19N3O5S2/c1-12-11-14(18(24)27-2)15-16(20-12)21-19(22-17(15)23)28-9-6-10-29(25,26)13-7-4-3-5-8-13/h3-5,7-8,11H,6,9-10H2,1-2H3,(H,20,21,22,23). The molecule has 8 nitrogen and oxygen atoms in total. The molecule has 0 bridgehead atoms. The van der Waals surface area contributed by atoms with Crippen LogP contribution >= 0.6 is 11.8 Å². The number of thioether (sulfide) groups is 1. The summed E-state index contributed by atoms with van der Waals surface area (Å²) in [6, 6.07) is 9.74. The molecule has 0 amide bonds. The van der Waals surface area contributed by atoms with Crippen molar-refractivity contribution in [3.05, 3.63) is 58.0 Å². The molecule has 29 heavy (non-hydrogen) atoms. The van der Waals surface area contributed by atoms with E-state index in [0.717, 1.165) is 0 Å². The van der Waals surface area contributed by atoms with Crippen molar-refractivity contribution in [1.29, 1.82) is 0 Å². The summed E-state index contributed by atoms with van der Waals surface area (Å²) in [5.74, 6) is -0.207. The normalized spacial score (nSPS) is 11.5. The number of ether oxygens (including phenoxy) is 1. The number of benzene rings is 1. The summed E-state index contributed by atoms with van der Waals surface area (Å²) < 4.78 is 29.3. The van der Waals surface area contributed by atoms with Crippen LogP contribution in [0.2, 0.25) is 0 Å². The van der Waals surface area contributed by atoms with Crippen molar-refractivity contribution in [2.75, 3.05) is 18.6 Å². The first kappa shape index (κ1) is 21.0. The Labute approximate surface area is 171 Å². The number of carbonyl (C=O) groups is 1. The van der Waals surface area contributed by atoms with E-state index in [4.69, 9.17) is 4.74 Å². The number of nitrogens with one attached hydrogen (secondary N) is 1. The number of sulfone groups is 1. The van der Waals surface area contributed by atoms with Gasteiger partial charge in [-0.25, -0.2) is 23.2 Å². The number of methoxy groups -OCH3 is 1. The molecule has 0 saturated carbocycles. The molecule has 0 atom stereocenters. The van der Waals surface area contributed by atoms with E-state index in [0.29, 0.717) is 23.0 Å². The fourth-order valence-electron chi connectivity index (χ4n) is 2.75. The van der Waals surface area contributed by atoms with Crippen molar-refractivity contribution < 1.29 is 17.9 Å². The highest BCUT2D eigenvalue weighted by Gasteiger charge is 2.18. The van der Waals surface area contributed by atoms with Crippen LogP contribution in [0.1, 0.15) is 22.5 Å². The molecule has 2 aromatic heterocycles. The molecule has 0 unspecified atom stereocenters. The highest BCUT2D eigenvalue weighted by atomic mass is 32.2. The predicted octanol–water partition coefficient (Wildman–Crippen LogP) is 2.37. The number of aromatic nitrogens is 3. The van der Waals surface area contributed by atoms with Crippen molar-refractivity contribution in [2.24, 2.45) is 0 Å². The molecule has 0 aliphatic heterocycles. The number of esters is 1. The van der Waals surface area contributed by atoms with E-state index in [9.17, 15) is 18.0 Å². The molecule has 0 spiro atoms. The Morgan fingerprint density at radius 1 is 1.21 bits per heavy atom. The van der Waals surface area contributed by atoms with Crippen molar-refractivity contribution >= 4 is 38.6 Å². The van der Waals surface area contributed by atoms with E-state index >= 15 is 0 Å². The van der Waals surface area contributed by atoms with E-state index < -0.39 is 21.4 Å². The van der Waals surface area contributed by atoms with Gasteiger partial charge in [-0.05, 0) is 31.5 Å². The van der Waals surface area contributed by atoms with Gasteiger partial charge in [0.15, 0.2) is 20.6 Å². The lowest BCUT2D eigenvalue weighted by Gasteiger charge is -2.07. The zero-order valence-corrected chi connectivity index (χ0v) is 17.5. The van der Waals surface area contributed by atoms with Gasteiger partial charge in [-0.3, -0.25) is 4.79 Å². The van der Waals surface area contributed by atoms with Gasteiger partial charge in [0.2, 0.25) is 0 Å². The van der Waals surface area contributed by atoms with Crippen LogP contribution in [-0.4, -0.2) is 48.0 Å². The monoisotopic (exact) mass is 433 g/mol. The van der Waals surface area contributed by atoms with E-state index in [2.05, 4.69) is 15.0 Å². The summed E-state index contributed by atoms with van der Waals surface area (Å²) in [5, 5.41) is 0.381. The molecule has 0 saturated heterocycles. The summed E-state index contributed by atoms with van der Waals surface area (Å²) in [5.41, 5.74) is 0.283. The molecule has 3 aromatic rings. The molecular weight excluding hydrogens is 414 g/mol. The van der Waals surface area contributed by atoms with Crippen LogP contribution in [0.4, 0.5) is 0 Å². The minimum Gasteiger partial charge on any atom is -0.465 e. The predicted molar refractivity (Wildman–Crippen MR) is 110 cm³/mol. The van der Waals surface area contributed by atoms with E-state index in [1.165, 1.54) is 24.9 Å². The Bertz CT molecular complexity index is 1210. The first-order chi connectivity index (χ1) is 13.8. The number of aromatic amines is 1. The molecule has 1 N–H and O–H groups in total. The van der Waals surface area contributed by atoms with Crippen molar-refractivity contribution in [1.82, 2.24) is 15.0 Å². The van der Waals surface area contributed by atoms with Gasteiger partial charge in [-0.2, -0.15) is 0 Å². The van der Waals surface area contributed by atoms with Gasteiger partial charge < -0.3 is 9.72 Å². The van der Waals surface area contributed by atoms with Gasteiger partial charge in [0, 0.05) is 11.4 Å². The topological polar surface area (TPSA) is 119 Å². The van der Waals surface area contributed by atoms with Gasteiger partial charge >= 0.3 is 5.97 Å². The van der Waals surface area contributed by atoms with Crippen LogP contribution in [0.5, 0.6) is 0 Å². The van der Waals surface area contributed by atoms with Crippen LogP contribution in [0.3, 0.4) is 0 Å². The molecule has 3 rings (SSSR count). The van der Waals surface area contributed by atoms with Crippen LogP contribution in [0.25, 0.3) is 11.0 Å². The van der Waals surface area contributed by atoms with Crippen molar-refractivity contribution in [3.63, 3.8) is 0 Å². The van der Waals surface area contributed by atoms with Gasteiger partial charge in [0.25, 0.3) is 5.56 Å². The second-order valence-electron chi connectivity index (χ2n) is 6.21. The van der Waals surface area contributed by atoms with Crippen LogP contribution in [0.15, 0.2) is 51.2 Å². The number of carbonyl (C=O) groups excluding carboxylic acids is 1. The Morgan fingerprint density at radius 3 is 2.62 bits per heavy atom. The lowest BCUT2D eigenvalue weighted by atomic mass is 10.1. The number of fused-ring (bicyclic) bond motifs is 1. The summed E-state index contributed by atoms with van der Waals surface area (Å²) in [7, 11) is -2.12. The highest BCUT2D eigenvalue weighted by molar-refractivity contribution is 7.99. The number of hydrogen-bond acceptors (Lipinski definition) is 8. The van der Waals surface area contributed by atoms with E-state index in [-0.39, 0.29) is 27.2 Å². The summed E-state index contributed by atoms with van der Waals surface area (Å²) in [4.78, 5) is 35.9. The van der Waals surface area contributed by atoms with Gasteiger partial charge in [-0.15, -0.1) is 0 Å². The number of nitrogens with zero attached hydrogens (tertiary/aromatic N) is 2. The molecule has 2 heterocycles. The third-order valence-corrected chi connectivity index (χ3v) is 6.86. The van der Waals surface area contributed by atoms with Crippen LogP contribution in [0, 0.1) is 6.92 Å². The molecule has 152 valence electrons. The van der Waals surface area contributed by atoms with Crippen LogP contribution in [-0.2, 0) is 14.6 Å². The van der Waals surface area contributed by atoms with Crippen molar-refractivity contribution in [3.8, 4) is 0 Å². The molecule has 0 fully saturated rings. The molecule has 10 heteroatoms. The Kier molecular flexibility index (Phi) is 6.33. The Hall–Kier alpha value is -2.72. The summed E-state index contributed by atoms with van der Waals surface area (Å²) >= 11 is 1.22. The Balaban J connectivity index is 1.75. The number of H-pyrrole nitrogens is 1. The maximum Gasteiger partial charge on any atom is 0.338 e. The quantitative estimate of drug-likeness (QED) is 0.261. The number of rotatable bonds is 7. The minimum absolute atomic E-state index is 0.00826. The largest absolute Gasteiger partial charge is 0.465 e. The van der Waals surface area contributed by atoms with Gasteiger partial charge in [0.1, 0.15) is 0 Å². The zero-order chi connectivity index (χ0) is 21.0. The molecule has 0 aliphatic rings. The minimum atomic E-state index is -3.35. The molecular formula is C19H19N3O5S2. The number of hydrogen-bond donors (Lipinski definition) is 1. The smallest absolute Gasteiger partial charge is 0.338 e. The second-order valence-corrected chi connectivity index (χ2v) is 9.40. The maximum atomic E-state index is 12.5. The van der Waals surface area contributed by atoms with Gasteiger partial charge in [-0.1, -0.05) is 30.0 Å². The third-order valence-electron chi connectivity index (χ3n) is 4.09. The average molecular weight is 434 g/mol. The first-order valence-corrected chi connectivity index (χ1v) is 11.4. The first-order valence-electron chi connectivity index (χ1n) is 8.72. The van der Waals surface area contributed by atoms with E-state index in [1.807, 2.05) is 0 Å². The lowest BCUT2D eigenvalue weighted by molar-refractivity contribution is 0.0602. The molecule has 1 aromatic carbocycles. The van der Waals surface area contributed by atoms with Crippen LogP contribution < -0.4 is 5.56 Å². The molecule has 0 radical (unpaired) electrons. The Morgan fingerprint density at radius 2 is 1.93 bits per heavy atom. The SMILES string of the molecule is COC(=O)c1cc(C)nc2nc(SCCCS(=O)(=O)c3ccccc3)[nH]c(=O)c12. The van der Waals surface area contributed by atoms with Gasteiger partial charge in [0.05, 0.1) is 28.7 Å². The number of aryl methyl sites for hydroxylation is 1. The fraction of sp³-hybridized carbons (Fsp3) is 0.263. The second kappa shape index (κ2) is 8.75. The summed E-state index contributed by atoms with van der Waals surface area (Å²) in [6.07, 6.45) is 0.387. The fourth-order valence-corrected chi connectivity index (χ4v) is 5.06. The average Bonchev–Trinajstić information content (AvgIpc) is 2.70. The highest BCUT2D eigenvalue weighted by Crippen LogP contribution is 2.19. The van der Waals surface area contributed by atoms with E-state index in [1.54, 1.807) is 37.3 Å². The third kappa shape index (κ3) is 4.83. The lowest BCUT2D eigenvalue weighted by Crippen LogP contribution is -2.16.